The Bertz CT molecular complexity index is 1870. The molecule has 4 nitrogen and oxygen atoms in total. The fourth-order valence-electron chi connectivity index (χ4n) is 5.31. The molecule has 46 heavy (non-hydrogen) atoms. The third-order valence-corrected chi connectivity index (χ3v) is 9.85. The summed E-state index contributed by atoms with van der Waals surface area (Å²) in [7, 11) is -1.48. The molecule has 2 aromatic heterocycles. The van der Waals surface area contributed by atoms with Crippen LogP contribution in [-0.2, 0) is 0 Å². The highest BCUT2D eigenvalue weighted by Gasteiger charge is 2.18. The van der Waals surface area contributed by atoms with Crippen molar-refractivity contribution < 1.29 is 10.0 Å². The number of thiophene rings is 2. The van der Waals surface area contributed by atoms with Crippen LogP contribution in [0.5, 0.6) is 0 Å². The predicted molar refractivity (Wildman–Crippen MR) is 198 cm³/mol. The van der Waals surface area contributed by atoms with Crippen molar-refractivity contribution in [2.75, 3.05) is 9.80 Å². The van der Waals surface area contributed by atoms with Crippen LogP contribution in [0.15, 0.2) is 176 Å². The monoisotopic (exact) mass is 636 g/mol. The van der Waals surface area contributed by atoms with Crippen molar-refractivity contribution in [2.45, 2.75) is 6.92 Å². The lowest BCUT2D eigenvalue weighted by Gasteiger charge is -2.27. The molecule has 0 unspecified atom stereocenters. The quantitative estimate of drug-likeness (QED) is 0.110. The summed E-state index contributed by atoms with van der Waals surface area (Å²) in [5.41, 5.74) is 7.04. The maximum absolute atomic E-state index is 9.69. The summed E-state index contributed by atoms with van der Waals surface area (Å²) in [6, 6.07) is 49.2. The standard InChI is InChI=1S/C39H33BN2O2S2/c1-29(41(32-15-7-3-8-16-32)33-17-9-4-10-18-33)27-31(36-23-24-37(45-36)38-25-26-39(46-38)40(43)44)28-30(2)42(34-19-11-5-12-20-34)35-21-13-6-14-22-35/h3-28,43-44H,1H2,2H3/b30-28+,31-27+. The number of benzene rings is 4. The second-order valence-corrected chi connectivity index (χ2v) is 12.8. The van der Waals surface area contributed by atoms with E-state index in [9.17, 15) is 10.0 Å². The summed E-state index contributed by atoms with van der Waals surface area (Å²) in [4.78, 5) is 7.53. The first kappa shape index (κ1) is 31.1. The van der Waals surface area contributed by atoms with E-state index in [1.54, 1.807) is 17.4 Å². The summed E-state index contributed by atoms with van der Waals surface area (Å²) in [5.74, 6) is 0. The molecule has 0 atom stereocenters. The van der Waals surface area contributed by atoms with Gasteiger partial charge >= 0.3 is 7.12 Å². The topological polar surface area (TPSA) is 46.9 Å². The third kappa shape index (κ3) is 7.14. The van der Waals surface area contributed by atoms with Crippen molar-refractivity contribution in [2.24, 2.45) is 0 Å². The molecule has 0 saturated carbocycles. The van der Waals surface area contributed by atoms with Gasteiger partial charge in [-0.05, 0) is 91.4 Å². The van der Waals surface area contributed by atoms with Gasteiger partial charge < -0.3 is 19.8 Å². The molecular weight excluding hydrogens is 603 g/mol. The Morgan fingerprint density at radius 1 is 0.565 bits per heavy atom. The van der Waals surface area contributed by atoms with Gasteiger partial charge in [-0.2, -0.15) is 0 Å². The summed E-state index contributed by atoms with van der Waals surface area (Å²) in [5, 5.41) is 19.4. The number of anilines is 4. The van der Waals surface area contributed by atoms with E-state index in [2.05, 4.69) is 120 Å². The lowest BCUT2D eigenvalue weighted by atomic mass is 9.90. The van der Waals surface area contributed by atoms with E-state index in [1.807, 2.05) is 54.6 Å². The van der Waals surface area contributed by atoms with Crippen molar-refractivity contribution in [1.82, 2.24) is 0 Å². The predicted octanol–water partition coefficient (Wildman–Crippen LogP) is 9.63. The van der Waals surface area contributed by atoms with E-state index in [-0.39, 0.29) is 0 Å². The van der Waals surface area contributed by atoms with Crippen LogP contribution in [-0.4, -0.2) is 17.2 Å². The van der Waals surface area contributed by atoms with E-state index >= 15 is 0 Å². The van der Waals surface area contributed by atoms with Gasteiger partial charge in [0, 0.05) is 53.6 Å². The molecule has 4 aromatic carbocycles. The molecular formula is C39H33BN2O2S2. The van der Waals surface area contributed by atoms with Gasteiger partial charge in [-0.1, -0.05) is 85.4 Å². The van der Waals surface area contributed by atoms with Gasteiger partial charge in [0.1, 0.15) is 0 Å². The first-order valence-electron chi connectivity index (χ1n) is 14.9. The normalized spacial score (nSPS) is 11.7. The van der Waals surface area contributed by atoms with Crippen molar-refractivity contribution in [3.63, 3.8) is 0 Å². The number of rotatable bonds is 11. The van der Waals surface area contributed by atoms with Crippen LogP contribution in [0.3, 0.4) is 0 Å². The smallest absolute Gasteiger partial charge is 0.423 e. The minimum atomic E-state index is -1.48. The van der Waals surface area contributed by atoms with Gasteiger partial charge in [0.15, 0.2) is 0 Å². The van der Waals surface area contributed by atoms with Crippen LogP contribution in [0, 0.1) is 0 Å². The first-order chi connectivity index (χ1) is 22.5. The highest BCUT2D eigenvalue weighted by atomic mass is 32.1. The maximum atomic E-state index is 9.69. The molecule has 6 rings (SSSR count). The molecule has 0 aliphatic carbocycles. The fourth-order valence-corrected chi connectivity index (χ4v) is 7.28. The van der Waals surface area contributed by atoms with Gasteiger partial charge in [-0.25, -0.2) is 0 Å². The number of nitrogens with zero attached hydrogens (tertiary/aromatic N) is 2. The lowest BCUT2D eigenvalue weighted by molar-refractivity contribution is 0.427. The van der Waals surface area contributed by atoms with Crippen molar-refractivity contribution in [3.8, 4) is 9.75 Å². The molecule has 0 saturated heterocycles. The van der Waals surface area contributed by atoms with Crippen molar-refractivity contribution >= 4 is 62.9 Å². The van der Waals surface area contributed by atoms with E-state index in [0.717, 1.165) is 54.3 Å². The van der Waals surface area contributed by atoms with Crippen LogP contribution < -0.4 is 14.6 Å². The minimum absolute atomic E-state index is 0.521. The summed E-state index contributed by atoms with van der Waals surface area (Å²) < 4.78 is 0.521. The van der Waals surface area contributed by atoms with E-state index in [0.29, 0.717) is 4.78 Å². The zero-order valence-corrected chi connectivity index (χ0v) is 27.0. The highest BCUT2D eigenvalue weighted by molar-refractivity contribution is 7.28. The van der Waals surface area contributed by atoms with E-state index in [1.165, 1.54) is 11.3 Å². The Morgan fingerprint density at radius 3 is 1.46 bits per heavy atom. The molecule has 226 valence electrons. The van der Waals surface area contributed by atoms with Gasteiger partial charge in [-0.3, -0.25) is 0 Å². The van der Waals surface area contributed by atoms with Crippen LogP contribution in [0.2, 0.25) is 0 Å². The Kier molecular flexibility index (Phi) is 9.77. The molecule has 0 bridgehead atoms. The largest absolute Gasteiger partial charge is 0.499 e. The third-order valence-electron chi connectivity index (χ3n) is 7.40. The second kappa shape index (κ2) is 14.5. The summed E-state index contributed by atoms with van der Waals surface area (Å²) in [6.45, 7) is 6.72. The zero-order chi connectivity index (χ0) is 31.9. The molecule has 2 N–H and O–H groups in total. The van der Waals surface area contributed by atoms with Crippen molar-refractivity contribution in [3.05, 3.63) is 181 Å². The molecule has 0 spiro atoms. The Balaban J connectivity index is 1.48. The fraction of sp³-hybridized carbons (Fsp3) is 0.0256. The minimum Gasteiger partial charge on any atom is -0.423 e. The Labute approximate surface area is 278 Å². The molecule has 6 aromatic rings. The molecule has 0 fully saturated rings. The van der Waals surface area contributed by atoms with E-state index in [4.69, 9.17) is 0 Å². The van der Waals surface area contributed by atoms with Crippen molar-refractivity contribution in [1.29, 1.82) is 0 Å². The molecule has 2 heterocycles. The Hall–Kier alpha value is -4.92. The van der Waals surface area contributed by atoms with Gasteiger partial charge in [-0.15, -0.1) is 22.7 Å². The summed E-state index contributed by atoms with van der Waals surface area (Å²) >= 11 is 3.05. The van der Waals surface area contributed by atoms with E-state index < -0.39 is 7.12 Å². The summed E-state index contributed by atoms with van der Waals surface area (Å²) in [6.07, 6.45) is 4.36. The first-order valence-corrected chi connectivity index (χ1v) is 16.6. The highest BCUT2D eigenvalue weighted by Crippen LogP contribution is 2.38. The SMILES string of the molecule is C=C(/C=C(\C=C(/C)N(c1ccccc1)c1ccccc1)c1ccc(-c2ccc(B(O)O)s2)s1)N(c1ccccc1)c1ccccc1. The Morgan fingerprint density at radius 2 is 1.00 bits per heavy atom. The zero-order valence-electron chi connectivity index (χ0n) is 25.4. The maximum Gasteiger partial charge on any atom is 0.499 e. The number of hydrogen-bond donors (Lipinski definition) is 2. The van der Waals surface area contributed by atoms with Gasteiger partial charge in [0.05, 0.1) is 0 Å². The molecule has 0 radical (unpaired) electrons. The lowest BCUT2D eigenvalue weighted by Crippen LogP contribution is -2.26. The molecule has 0 amide bonds. The average Bonchev–Trinajstić information content (AvgIpc) is 3.78. The van der Waals surface area contributed by atoms with Gasteiger partial charge in [0.25, 0.3) is 0 Å². The van der Waals surface area contributed by atoms with Crippen LogP contribution in [0.25, 0.3) is 15.3 Å². The number of para-hydroxylation sites is 4. The average molecular weight is 637 g/mol. The van der Waals surface area contributed by atoms with Crippen LogP contribution in [0.4, 0.5) is 22.7 Å². The molecule has 0 aliphatic rings. The number of hydrogen-bond acceptors (Lipinski definition) is 6. The van der Waals surface area contributed by atoms with Crippen LogP contribution >= 0.6 is 22.7 Å². The van der Waals surface area contributed by atoms with Gasteiger partial charge in [0.2, 0.25) is 0 Å². The van der Waals surface area contributed by atoms with Crippen LogP contribution in [0.1, 0.15) is 11.8 Å². The number of allylic oxidation sites excluding steroid dienone is 4. The second-order valence-electron chi connectivity index (χ2n) is 10.6. The molecule has 0 aliphatic heterocycles. The molecule has 7 heteroatoms.